The molecule has 6 nitrogen and oxygen atoms in total. The molecule has 0 spiro atoms. The van der Waals surface area contributed by atoms with Crippen LogP contribution in [0.4, 0.5) is 5.82 Å². The molecule has 0 fully saturated rings. The number of anilines is 1. The van der Waals surface area contributed by atoms with E-state index in [2.05, 4.69) is 32.2 Å². The maximum atomic E-state index is 11.3. The number of H-pyrrole nitrogens is 1. The second kappa shape index (κ2) is 6.51. The van der Waals surface area contributed by atoms with E-state index in [1.807, 2.05) is 13.8 Å². The fraction of sp³-hybridized carbons (Fsp3) is 0.385. The Hall–Kier alpha value is -1.89. The van der Waals surface area contributed by atoms with E-state index in [4.69, 9.17) is 0 Å². The van der Waals surface area contributed by atoms with Crippen LogP contribution in [0.5, 0.6) is 0 Å². The molecule has 106 valence electrons. The van der Waals surface area contributed by atoms with E-state index in [-0.39, 0.29) is 5.56 Å². The van der Waals surface area contributed by atoms with Gasteiger partial charge in [-0.25, -0.2) is 15.0 Å². The third-order valence-corrected chi connectivity index (χ3v) is 3.59. The summed E-state index contributed by atoms with van der Waals surface area (Å²) in [5.41, 5.74) is 0.788. The summed E-state index contributed by atoms with van der Waals surface area (Å²) >= 11 is 1.33. The highest BCUT2D eigenvalue weighted by Crippen LogP contribution is 2.28. The number of hydrogen-bond donors (Lipinski definition) is 2. The van der Waals surface area contributed by atoms with Crippen molar-refractivity contribution in [3.8, 4) is 0 Å². The van der Waals surface area contributed by atoms with Gasteiger partial charge in [0.1, 0.15) is 16.7 Å². The molecule has 20 heavy (non-hydrogen) atoms. The Bertz CT molecular complexity index is 655. The lowest BCUT2D eigenvalue weighted by Crippen LogP contribution is -2.08. The van der Waals surface area contributed by atoms with Gasteiger partial charge in [-0.3, -0.25) is 4.79 Å². The highest BCUT2D eigenvalue weighted by atomic mass is 32.2. The van der Waals surface area contributed by atoms with E-state index >= 15 is 0 Å². The van der Waals surface area contributed by atoms with E-state index in [0.29, 0.717) is 11.0 Å². The summed E-state index contributed by atoms with van der Waals surface area (Å²) in [4.78, 5) is 26.9. The van der Waals surface area contributed by atoms with E-state index < -0.39 is 0 Å². The average Bonchev–Trinajstić information content (AvgIpc) is 2.41. The first kappa shape index (κ1) is 14.5. The Morgan fingerprint density at radius 1 is 1.35 bits per heavy atom. The number of aryl methyl sites for hydroxylation is 1. The van der Waals surface area contributed by atoms with Crippen LogP contribution in [-0.2, 0) is 0 Å². The molecule has 7 heteroatoms. The quantitative estimate of drug-likeness (QED) is 0.648. The lowest BCUT2D eigenvalue weighted by Gasteiger charge is -2.11. The van der Waals surface area contributed by atoms with Crippen LogP contribution < -0.4 is 10.9 Å². The second-order valence-corrected chi connectivity index (χ2v) is 5.30. The highest BCUT2D eigenvalue weighted by molar-refractivity contribution is 7.99. The minimum atomic E-state index is -0.171. The first-order valence-corrected chi connectivity index (χ1v) is 7.24. The first-order valence-electron chi connectivity index (χ1n) is 6.42. The molecule has 0 aliphatic carbocycles. The molecular formula is C13H17N5OS. The van der Waals surface area contributed by atoms with E-state index in [1.165, 1.54) is 24.0 Å². The van der Waals surface area contributed by atoms with Gasteiger partial charge in [0, 0.05) is 24.4 Å². The van der Waals surface area contributed by atoms with Crippen molar-refractivity contribution in [2.45, 2.75) is 37.4 Å². The van der Waals surface area contributed by atoms with Crippen LogP contribution in [-0.4, -0.2) is 26.5 Å². The van der Waals surface area contributed by atoms with E-state index in [9.17, 15) is 4.79 Å². The standard InChI is InChI=1S/C13H17N5OS/c1-4-6-14-11-8(2)12(17-9(3)16-11)20-13-15-7-5-10(19)18-13/h5,7H,4,6H2,1-3H3,(H,14,16,17)(H,15,18,19). The number of rotatable bonds is 5. The lowest BCUT2D eigenvalue weighted by atomic mass is 10.3. The first-order chi connectivity index (χ1) is 9.60. The van der Waals surface area contributed by atoms with Gasteiger partial charge in [0.15, 0.2) is 5.16 Å². The number of aromatic nitrogens is 4. The van der Waals surface area contributed by atoms with Crippen LogP contribution in [0.2, 0.25) is 0 Å². The van der Waals surface area contributed by atoms with Crippen LogP contribution >= 0.6 is 11.8 Å². The number of hydrogen-bond acceptors (Lipinski definition) is 6. The summed E-state index contributed by atoms with van der Waals surface area (Å²) in [5.74, 6) is 1.52. The predicted molar refractivity (Wildman–Crippen MR) is 79.3 cm³/mol. The number of aromatic amines is 1. The van der Waals surface area contributed by atoms with Gasteiger partial charge in [-0.05, 0) is 32.0 Å². The molecule has 0 atom stereocenters. The molecule has 0 saturated heterocycles. The molecule has 2 aromatic heterocycles. The van der Waals surface area contributed by atoms with Gasteiger partial charge >= 0.3 is 0 Å². The molecule has 2 aromatic rings. The third-order valence-electron chi connectivity index (χ3n) is 2.60. The monoisotopic (exact) mass is 291 g/mol. The Morgan fingerprint density at radius 2 is 2.15 bits per heavy atom. The fourth-order valence-electron chi connectivity index (χ4n) is 1.61. The third kappa shape index (κ3) is 3.57. The molecule has 2 heterocycles. The zero-order chi connectivity index (χ0) is 14.5. The number of nitrogens with one attached hydrogen (secondary N) is 2. The van der Waals surface area contributed by atoms with Gasteiger partial charge in [-0.2, -0.15) is 0 Å². The molecule has 2 N–H and O–H groups in total. The summed E-state index contributed by atoms with van der Waals surface area (Å²) in [6.07, 6.45) is 2.51. The van der Waals surface area contributed by atoms with E-state index in [0.717, 1.165) is 29.4 Å². The zero-order valence-corrected chi connectivity index (χ0v) is 12.5. The van der Waals surface area contributed by atoms with Crippen molar-refractivity contribution in [3.05, 3.63) is 34.0 Å². The van der Waals surface area contributed by atoms with Gasteiger partial charge < -0.3 is 10.3 Å². The Morgan fingerprint density at radius 3 is 2.85 bits per heavy atom. The van der Waals surface area contributed by atoms with Gasteiger partial charge in [-0.1, -0.05) is 6.92 Å². The van der Waals surface area contributed by atoms with Gasteiger partial charge in [0.2, 0.25) is 0 Å². The molecular weight excluding hydrogens is 274 g/mol. The van der Waals surface area contributed by atoms with Gasteiger partial charge in [0.25, 0.3) is 5.56 Å². The summed E-state index contributed by atoms with van der Waals surface area (Å²) in [6, 6.07) is 1.39. The molecule has 0 saturated carbocycles. The Labute approximate surface area is 121 Å². The smallest absolute Gasteiger partial charge is 0.251 e. The molecule has 0 aromatic carbocycles. The fourth-order valence-corrected chi connectivity index (χ4v) is 2.49. The number of nitrogens with zero attached hydrogens (tertiary/aromatic N) is 3. The predicted octanol–water partition coefficient (Wildman–Crippen LogP) is 2.15. The Balaban J connectivity index is 2.31. The second-order valence-electron chi connectivity index (χ2n) is 4.32. The van der Waals surface area contributed by atoms with Crippen molar-refractivity contribution in [2.75, 3.05) is 11.9 Å². The minimum absolute atomic E-state index is 0.171. The largest absolute Gasteiger partial charge is 0.370 e. The van der Waals surface area contributed by atoms with Crippen molar-refractivity contribution in [2.24, 2.45) is 0 Å². The van der Waals surface area contributed by atoms with Crippen molar-refractivity contribution in [1.82, 2.24) is 19.9 Å². The highest BCUT2D eigenvalue weighted by Gasteiger charge is 2.11. The topological polar surface area (TPSA) is 83.6 Å². The van der Waals surface area contributed by atoms with Crippen LogP contribution in [0, 0.1) is 13.8 Å². The maximum absolute atomic E-state index is 11.3. The van der Waals surface area contributed by atoms with Crippen LogP contribution in [0.15, 0.2) is 27.2 Å². The van der Waals surface area contributed by atoms with Crippen LogP contribution in [0.25, 0.3) is 0 Å². The van der Waals surface area contributed by atoms with Crippen molar-refractivity contribution in [3.63, 3.8) is 0 Å². The summed E-state index contributed by atoms with van der Waals surface area (Å²) < 4.78 is 0. The van der Waals surface area contributed by atoms with Gasteiger partial charge in [0.05, 0.1) is 0 Å². The maximum Gasteiger partial charge on any atom is 0.251 e. The lowest BCUT2D eigenvalue weighted by molar-refractivity contribution is 0.895. The molecule has 0 radical (unpaired) electrons. The molecule has 0 aliphatic heterocycles. The summed E-state index contributed by atoms with van der Waals surface area (Å²) in [7, 11) is 0. The molecule has 0 unspecified atom stereocenters. The van der Waals surface area contributed by atoms with Gasteiger partial charge in [-0.15, -0.1) is 0 Å². The van der Waals surface area contributed by atoms with E-state index in [1.54, 1.807) is 0 Å². The zero-order valence-electron chi connectivity index (χ0n) is 11.7. The normalized spacial score (nSPS) is 10.6. The minimum Gasteiger partial charge on any atom is -0.370 e. The molecule has 2 rings (SSSR count). The summed E-state index contributed by atoms with van der Waals surface area (Å²) in [6.45, 7) is 6.77. The van der Waals surface area contributed by atoms with Crippen LogP contribution in [0.3, 0.4) is 0 Å². The van der Waals surface area contributed by atoms with Crippen molar-refractivity contribution < 1.29 is 0 Å². The molecule has 0 bridgehead atoms. The summed E-state index contributed by atoms with van der Waals surface area (Å²) in [5, 5.41) is 4.61. The molecule has 0 amide bonds. The Kier molecular flexibility index (Phi) is 4.73. The SMILES string of the molecule is CCCNc1nc(C)nc(Sc2nccc(=O)[nH]2)c1C. The van der Waals surface area contributed by atoms with Crippen LogP contribution in [0.1, 0.15) is 24.7 Å². The van der Waals surface area contributed by atoms with Crippen molar-refractivity contribution >= 4 is 17.6 Å². The van der Waals surface area contributed by atoms with Crippen molar-refractivity contribution in [1.29, 1.82) is 0 Å². The average molecular weight is 291 g/mol. The molecule has 0 aliphatic rings.